The van der Waals surface area contributed by atoms with Gasteiger partial charge in [0.1, 0.15) is 6.10 Å². The van der Waals surface area contributed by atoms with Crippen molar-refractivity contribution < 1.29 is 30.4 Å². The van der Waals surface area contributed by atoms with Gasteiger partial charge in [0.25, 0.3) is 5.91 Å². The van der Waals surface area contributed by atoms with Gasteiger partial charge in [-0.1, -0.05) is 30.3 Å². The van der Waals surface area contributed by atoms with Gasteiger partial charge < -0.3 is 20.4 Å². The van der Waals surface area contributed by atoms with Crippen LogP contribution < -0.4 is 11.1 Å². The summed E-state index contributed by atoms with van der Waals surface area (Å²) >= 11 is 0. The van der Waals surface area contributed by atoms with Gasteiger partial charge in [0.2, 0.25) is 0 Å². The first kappa shape index (κ1) is 26.9. The van der Waals surface area contributed by atoms with Gasteiger partial charge in [0.05, 0.1) is 19.3 Å². The highest BCUT2D eigenvalue weighted by atomic mass is 16.7. The number of carbonyl (C=O) groups is 2. The average Bonchev–Trinajstić information content (AvgIpc) is 3.20. The molecule has 0 saturated carbocycles. The number of rotatable bonds is 11. The highest BCUT2D eigenvalue weighted by molar-refractivity contribution is 5.94. The first-order valence-electron chi connectivity index (χ1n) is 11.9. The minimum atomic E-state index is -0.831. The lowest BCUT2D eigenvalue weighted by Gasteiger charge is -2.22. The molecule has 1 saturated heterocycles. The number of benzene rings is 2. The molecule has 6 N–H and O–H groups in total. The molecule has 4 atom stereocenters. The molecule has 9 nitrogen and oxygen atoms in total. The molecule has 1 aliphatic heterocycles. The monoisotopic (exact) mass is 485 g/mol. The number of hydrogen-bond donors (Lipinski definition) is 4. The van der Waals surface area contributed by atoms with E-state index in [0.717, 1.165) is 29.7 Å². The summed E-state index contributed by atoms with van der Waals surface area (Å²) < 4.78 is 0. The van der Waals surface area contributed by atoms with E-state index in [1.807, 2.05) is 62.6 Å². The van der Waals surface area contributed by atoms with Gasteiger partial charge >= 0.3 is 5.91 Å². The Hall–Kier alpha value is -2.66. The molecule has 0 spiro atoms. The fourth-order valence-electron chi connectivity index (χ4n) is 4.49. The molecule has 2 amide bonds. The number of hydrogen-bond acceptors (Lipinski definition) is 7. The molecule has 9 heteroatoms. The Morgan fingerprint density at radius 1 is 1.17 bits per heavy atom. The second-order valence-electron chi connectivity index (χ2n) is 9.32. The van der Waals surface area contributed by atoms with Gasteiger partial charge in [-0.3, -0.25) is 15.4 Å². The van der Waals surface area contributed by atoms with Crippen molar-refractivity contribution in [2.24, 2.45) is 5.92 Å². The minimum absolute atomic E-state index is 0.0924. The van der Waals surface area contributed by atoms with E-state index >= 15 is 0 Å². The number of nitrogens with one attached hydrogen (secondary N) is 1. The van der Waals surface area contributed by atoms with Crippen LogP contribution in [0.1, 0.15) is 29.3 Å². The molecule has 2 aromatic rings. The van der Waals surface area contributed by atoms with Gasteiger partial charge in [-0.25, -0.2) is 4.79 Å². The van der Waals surface area contributed by atoms with Crippen LogP contribution in [0.4, 0.5) is 0 Å². The summed E-state index contributed by atoms with van der Waals surface area (Å²) in [6.45, 7) is 3.13. The van der Waals surface area contributed by atoms with E-state index in [9.17, 15) is 19.8 Å². The third-order valence-electron chi connectivity index (χ3n) is 6.26. The lowest BCUT2D eigenvalue weighted by atomic mass is 9.89. The second kappa shape index (κ2) is 12.3. The molecule has 1 fully saturated rings. The summed E-state index contributed by atoms with van der Waals surface area (Å²) in [7, 11) is 4.01. The predicted molar refractivity (Wildman–Crippen MR) is 132 cm³/mol. The van der Waals surface area contributed by atoms with Crippen LogP contribution in [-0.2, 0) is 16.2 Å². The van der Waals surface area contributed by atoms with Crippen molar-refractivity contribution >= 4 is 11.8 Å². The van der Waals surface area contributed by atoms with Crippen LogP contribution in [0.25, 0.3) is 11.1 Å². The third-order valence-corrected chi connectivity index (χ3v) is 6.26. The van der Waals surface area contributed by atoms with Crippen LogP contribution in [-0.4, -0.2) is 84.0 Å². The summed E-state index contributed by atoms with van der Waals surface area (Å²) in [4.78, 5) is 32.5. The first-order chi connectivity index (χ1) is 16.7. The summed E-state index contributed by atoms with van der Waals surface area (Å²) in [5.74, 6) is -1.02. The molecule has 190 valence electrons. The van der Waals surface area contributed by atoms with Crippen molar-refractivity contribution in [3.8, 4) is 11.1 Å². The molecule has 2 aromatic carbocycles. The smallest absolute Gasteiger partial charge is 0.328 e. The molecule has 0 aromatic heterocycles. The Kier molecular flexibility index (Phi) is 9.50. The molecule has 0 bridgehead atoms. The van der Waals surface area contributed by atoms with Crippen LogP contribution in [0.3, 0.4) is 0 Å². The van der Waals surface area contributed by atoms with E-state index in [4.69, 9.17) is 4.84 Å². The molecular formula is C26H37N4O5+. The van der Waals surface area contributed by atoms with Crippen molar-refractivity contribution in [1.82, 2.24) is 15.3 Å². The van der Waals surface area contributed by atoms with Crippen LogP contribution >= 0.6 is 0 Å². The topological polar surface area (TPSA) is 130 Å². The van der Waals surface area contributed by atoms with E-state index in [1.165, 1.54) is 5.06 Å². The largest absolute Gasteiger partial charge is 0.394 e. The highest BCUT2D eigenvalue weighted by Crippen LogP contribution is 2.32. The molecular weight excluding hydrogens is 448 g/mol. The fourth-order valence-corrected chi connectivity index (χ4v) is 4.49. The van der Waals surface area contributed by atoms with Crippen molar-refractivity contribution in [2.75, 3.05) is 33.8 Å². The Balaban J connectivity index is 1.69. The van der Waals surface area contributed by atoms with Crippen LogP contribution in [0.5, 0.6) is 0 Å². The fraction of sp³-hybridized carbons (Fsp3) is 0.462. The van der Waals surface area contributed by atoms with Crippen molar-refractivity contribution in [1.29, 1.82) is 0 Å². The zero-order valence-electron chi connectivity index (χ0n) is 20.7. The predicted octanol–water partition coefficient (Wildman–Crippen LogP) is 0.277. The highest BCUT2D eigenvalue weighted by Gasteiger charge is 2.50. The Labute approximate surface area is 206 Å². The summed E-state index contributed by atoms with van der Waals surface area (Å²) in [6, 6.07) is 14.5. The molecule has 3 rings (SSSR count). The lowest BCUT2D eigenvalue weighted by molar-refractivity contribution is -0.318. The Morgan fingerprint density at radius 3 is 2.49 bits per heavy atom. The first-order valence-corrected chi connectivity index (χ1v) is 11.9. The molecule has 0 aliphatic carbocycles. The average molecular weight is 486 g/mol. The summed E-state index contributed by atoms with van der Waals surface area (Å²) in [6.07, 6.45) is -0.611. The van der Waals surface area contributed by atoms with Crippen molar-refractivity contribution in [3.05, 3.63) is 59.7 Å². The zero-order chi connectivity index (χ0) is 25.5. The summed E-state index contributed by atoms with van der Waals surface area (Å²) in [5, 5.41) is 24.3. The van der Waals surface area contributed by atoms with Gasteiger partial charge in [-0.05, 0) is 68.9 Å². The second-order valence-corrected chi connectivity index (χ2v) is 9.32. The molecule has 1 heterocycles. The Morgan fingerprint density at radius 2 is 1.89 bits per heavy atom. The van der Waals surface area contributed by atoms with E-state index in [2.05, 4.69) is 16.0 Å². The van der Waals surface area contributed by atoms with Gasteiger partial charge in [0, 0.05) is 18.0 Å². The number of hydroxylamine groups is 2. The van der Waals surface area contributed by atoms with Gasteiger partial charge in [0.15, 0.2) is 6.04 Å². The number of carbonyl (C=O) groups excluding carboxylic acids is 2. The number of aliphatic hydroxyl groups excluding tert-OH is 2. The van der Waals surface area contributed by atoms with E-state index in [1.54, 1.807) is 6.92 Å². The van der Waals surface area contributed by atoms with Crippen LogP contribution in [0.2, 0.25) is 0 Å². The number of nitrogens with zero attached hydrogens (tertiary/aromatic N) is 2. The van der Waals surface area contributed by atoms with Crippen LogP contribution in [0.15, 0.2) is 48.5 Å². The van der Waals surface area contributed by atoms with E-state index < -0.39 is 24.2 Å². The SMILES string of the molecule is C[C@H](O)[C@@H]1[C@H](CO)ON(Cc2cccc(-c3ccc(C(=O)NCCCN(C)C)cc3)c2)[C@@H]1C([NH3+])=O. The molecule has 1 aliphatic rings. The standard InChI is InChI=1S/C26H36N4O5/c1-17(32)23-22(16-31)35-30(24(23)25(27)33)15-18-6-4-7-21(14-18)19-8-10-20(11-9-19)26(34)28-12-5-13-29(2)3/h4,6-11,14,17,22-24,31-32H,5,12-13,15-16H2,1-3H3,(H2,27,33)(H,28,34)/p+1/t17-,22-,23+,24-/m0/s1. The number of quaternary nitrogens is 1. The molecule has 0 unspecified atom stereocenters. The van der Waals surface area contributed by atoms with E-state index in [-0.39, 0.29) is 18.4 Å². The van der Waals surface area contributed by atoms with Crippen LogP contribution in [0, 0.1) is 5.92 Å². The number of amides is 2. The Bertz CT molecular complexity index is 995. The van der Waals surface area contributed by atoms with Crippen molar-refractivity contribution in [2.45, 2.75) is 38.1 Å². The maximum atomic E-state index is 12.4. The molecule has 35 heavy (non-hydrogen) atoms. The normalized spacial score (nSPS) is 21.3. The zero-order valence-corrected chi connectivity index (χ0v) is 20.7. The third kappa shape index (κ3) is 6.94. The van der Waals surface area contributed by atoms with E-state index in [0.29, 0.717) is 18.7 Å². The maximum Gasteiger partial charge on any atom is 0.328 e. The summed E-state index contributed by atoms with van der Waals surface area (Å²) in [5.41, 5.74) is 6.97. The van der Waals surface area contributed by atoms with Crippen molar-refractivity contribution in [3.63, 3.8) is 0 Å². The maximum absolute atomic E-state index is 12.4. The number of aliphatic hydroxyl groups is 2. The minimum Gasteiger partial charge on any atom is -0.394 e. The lowest BCUT2D eigenvalue weighted by Crippen LogP contribution is -2.67. The van der Waals surface area contributed by atoms with Gasteiger partial charge in [-0.2, -0.15) is 5.06 Å². The van der Waals surface area contributed by atoms with Gasteiger partial charge in [-0.15, -0.1) is 0 Å². The molecule has 0 radical (unpaired) electrons. The quantitative estimate of drug-likeness (QED) is 0.336.